The van der Waals surface area contributed by atoms with Crippen molar-refractivity contribution in [2.45, 2.75) is 25.3 Å². The van der Waals surface area contributed by atoms with Gasteiger partial charge in [-0.1, -0.05) is 0 Å². The van der Waals surface area contributed by atoms with E-state index in [1.165, 1.54) is 0 Å². The van der Waals surface area contributed by atoms with Gasteiger partial charge in [-0.2, -0.15) is 0 Å². The molecule has 0 amide bonds. The van der Waals surface area contributed by atoms with Crippen molar-refractivity contribution in [3.05, 3.63) is 0 Å². The van der Waals surface area contributed by atoms with Crippen molar-refractivity contribution >= 4 is 0 Å². The monoisotopic (exact) mass is 147 g/mol. The summed E-state index contributed by atoms with van der Waals surface area (Å²) in [6.45, 7) is 2.31. The lowest BCUT2D eigenvalue weighted by molar-refractivity contribution is 0.183. The van der Waals surface area contributed by atoms with E-state index < -0.39 is 0 Å². The van der Waals surface area contributed by atoms with Gasteiger partial charge in [0.1, 0.15) is 0 Å². The van der Waals surface area contributed by atoms with Gasteiger partial charge in [0, 0.05) is 18.8 Å². The minimum atomic E-state index is -0.108. The van der Waals surface area contributed by atoms with E-state index in [-0.39, 0.29) is 18.8 Å². The van der Waals surface area contributed by atoms with E-state index >= 15 is 0 Å². The van der Waals surface area contributed by atoms with Crippen LogP contribution in [0.3, 0.4) is 0 Å². The van der Waals surface area contributed by atoms with Crippen LogP contribution in [-0.2, 0) is 0 Å². The van der Waals surface area contributed by atoms with Gasteiger partial charge in [0.05, 0.1) is 0 Å². The molecule has 0 aromatic carbocycles. The summed E-state index contributed by atoms with van der Waals surface area (Å²) in [7, 11) is 1.84. The van der Waals surface area contributed by atoms with E-state index in [0.717, 1.165) is 0 Å². The van der Waals surface area contributed by atoms with E-state index in [1.807, 2.05) is 14.0 Å². The summed E-state index contributed by atoms with van der Waals surface area (Å²) in [5.74, 6) is 0. The second kappa shape index (κ2) is 4.66. The Morgan fingerprint density at radius 1 is 1.20 bits per heavy atom. The third-order valence-electron chi connectivity index (χ3n) is 1.93. The Hall–Kier alpha value is -0.120. The van der Waals surface area contributed by atoms with Gasteiger partial charge < -0.3 is 15.5 Å². The summed E-state index contributed by atoms with van der Waals surface area (Å²) in [4.78, 5) is 0. The first kappa shape index (κ1) is 9.88. The molecule has 0 aliphatic heterocycles. The van der Waals surface area contributed by atoms with Crippen molar-refractivity contribution in [1.82, 2.24) is 5.32 Å². The molecule has 0 bridgehead atoms. The summed E-state index contributed by atoms with van der Waals surface area (Å²) < 4.78 is 0. The zero-order valence-corrected chi connectivity index (χ0v) is 6.72. The van der Waals surface area contributed by atoms with Gasteiger partial charge in [-0.3, -0.25) is 0 Å². The number of aliphatic hydroxyl groups is 2. The third kappa shape index (κ3) is 3.15. The highest BCUT2D eigenvalue weighted by Gasteiger charge is 2.19. The molecule has 0 unspecified atom stereocenters. The second-order valence-corrected chi connectivity index (χ2v) is 2.76. The molecule has 0 heterocycles. The van der Waals surface area contributed by atoms with Crippen LogP contribution in [0.15, 0.2) is 0 Å². The molecular weight excluding hydrogens is 130 g/mol. The molecule has 3 heteroatoms. The normalized spacial score (nSPS) is 12.0. The highest BCUT2D eigenvalue weighted by molar-refractivity contribution is 4.80. The Labute approximate surface area is 62.1 Å². The quantitative estimate of drug-likeness (QED) is 0.501. The summed E-state index contributed by atoms with van der Waals surface area (Å²) >= 11 is 0. The summed E-state index contributed by atoms with van der Waals surface area (Å²) in [5, 5.41) is 20.3. The van der Waals surface area contributed by atoms with Crippen LogP contribution in [-0.4, -0.2) is 36.0 Å². The van der Waals surface area contributed by atoms with Crippen LogP contribution in [0.25, 0.3) is 0 Å². The summed E-state index contributed by atoms with van der Waals surface area (Å²) in [6, 6.07) is 0. The summed E-state index contributed by atoms with van der Waals surface area (Å²) in [6.07, 6.45) is 1.37. The van der Waals surface area contributed by atoms with Crippen molar-refractivity contribution in [2.24, 2.45) is 0 Å². The van der Waals surface area contributed by atoms with Crippen molar-refractivity contribution in [2.75, 3.05) is 20.3 Å². The molecule has 0 aliphatic rings. The zero-order valence-electron chi connectivity index (χ0n) is 6.72. The molecule has 3 nitrogen and oxygen atoms in total. The lowest BCUT2D eigenvalue weighted by Crippen LogP contribution is -2.41. The highest BCUT2D eigenvalue weighted by atomic mass is 16.3. The smallest absolute Gasteiger partial charge is 0.0448 e. The Morgan fingerprint density at radius 2 is 1.60 bits per heavy atom. The minimum Gasteiger partial charge on any atom is -0.396 e. The first-order valence-electron chi connectivity index (χ1n) is 3.59. The molecule has 0 aromatic rings. The lowest BCUT2D eigenvalue weighted by atomic mass is 9.95. The second-order valence-electron chi connectivity index (χ2n) is 2.76. The SMILES string of the molecule is CNC(C)(CCO)CCO. The van der Waals surface area contributed by atoms with Crippen LogP contribution in [0.1, 0.15) is 19.8 Å². The van der Waals surface area contributed by atoms with Crippen molar-refractivity contribution in [3.63, 3.8) is 0 Å². The number of rotatable bonds is 5. The van der Waals surface area contributed by atoms with Crippen LogP contribution < -0.4 is 5.32 Å². The number of aliphatic hydroxyl groups excluding tert-OH is 2. The Morgan fingerprint density at radius 3 is 1.80 bits per heavy atom. The fraction of sp³-hybridized carbons (Fsp3) is 1.00. The van der Waals surface area contributed by atoms with Crippen LogP contribution in [0.4, 0.5) is 0 Å². The predicted octanol–water partition coefficient (Wildman–Crippen LogP) is -0.271. The molecular formula is C7H17NO2. The fourth-order valence-corrected chi connectivity index (χ4v) is 0.869. The van der Waals surface area contributed by atoms with Crippen LogP contribution >= 0.6 is 0 Å². The fourth-order valence-electron chi connectivity index (χ4n) is 0.869. The molecule has 62 valence electrons. The van der Waals surface area contributed by atoms with Crippen molar-refractivity contribution in [1.29, 1.82) is 0 Å². The van der Waals surface area contributed by atoms with Crippen LogP contribution in [0.2, 0.25) is 0 Å². The Bertz CT molecular complexity index is 79.7. The maximum Gasteiger partial charge on any atom is 0.0448 e. The maximum absolute atomic E-state index is 8.64. The number of hydrogen-bond donors (Lipinski definition) is 3. The standard InChI is InChI=1S/C7H17NO2/c1-7(8-2,3-5-9)4-6-10/h8-10H,3-6H2,1-2H3. The van der Waals surface area contributed by atoms with E-state index in [2.05, 4.69) is 5.32 Å². The molecule has 0 saturated heterocycles. The third-order valence-corrected chi connectivity index (χ3v) is 1.93. The van der Waals surface area contributed by atoms with E-state index in [4.69, 9.17) is 10.2 Å². The zero-order chi connectivity index (χ0) is 8.04. The first-order valence-corrected chi connectivity index (χ1v) is 3.59. The van der Waals surface area contributed by atoms with E-state index in [9.17, 15) is 0 Å². The van der Waals surface area contributed by atoms with Gasteiger partial charge in [-0.25, -0.2) is 0 Å². The van der Waals surface area contributed by atoms with Crippen LogP contribution in [0, 0.1) is 0 Å². The minimum absolute atomic E-state index is 0.108. The molecule has 0 aliphatic carbocycles. The number of nitrogens with one attached hydrogen (secondary N) is 1. The molecule has 0 rings (SSSR count). The van der Waals surface area contributed by atoms with Crippen molar-refractivity contribution in [3.8, 4) is 0 Å². The van der Waals surface area contributed by atoms with E-state index in [0.29, 0.717) is 12.8 Å². The average molecular weight is 147 g/mol. The van der Waals surface area contributed by atoms with Crippen molar-refractivity contribution < 1.29 is 10.2 Å². The topological polar surface area (TPSA) is 52.5 Å². The summed E-state index contributed by atoms with van der Waals surface area (Å²) in [5.41, 5.74) is -0.108. The molecule has 0 saturated carbocycles. The number of hydrogen-bond acceptors (Lipinski definition) is 3. The van der Waals surface area contributed by atoms with Gasteiger partial charge in [-0.05, 0) is 26.8 Å². The van der Waals surface area contributed by atoms with Gasteiger partial charge in [0.15, 0.2) is 0 Å². The largest absolute Gasteiger partial charge is 0.396 e. The molecule has 0 aromatic heterocycles. The predicted molar refractivity (Wildman–Crippen MR) is 40.9 cm³/mol. The van der Waals surface area contributed by atoms with Gasteiger partial charge in [-0.15, -0.1) is 0 Å². The molecule has 0 fully saturated rings. The molecule has 0 radical (unpaired) electrons. The lowest BCUT2D eigenvalue weighted by Gasteiger charge is -2.27. The average Bonchev–Trinajstić information content (AvgIpc) is 1.89. The maximum atomic E-state index is 8.64. The van der Waals surface area contributed by atoms with Gasteiger partial charge in [0.2, 0.25) is 0 Å². The molecule has 0 spiro atoms. The van der Waals surface area contributed by atoms with E-state index in [1.54, 1.807) is 0 Å². The Kier molecular flexibility index (Phi) is 4.60. The first-order chi connectivity index (χ1) is 4.68. The highest BCUT2D eigenvalue weighted by Crippen LogP contribution is 2.12. The molecule has 10 heavy (non-hydrogen) atoms. The van der Waals surface area contributed by atoms with Crippen LogP contribution in [0.5, 0.6) is 0 Å². The molecule has 3 N–H and O–H groups in total. The van der Waals surface area contributed by atoms with Gasteiger partial charge in [0.25, 0.3) is 0 Å². The Balaban J connectivity index is 3.69. The van der Waals surface area contributed by atoms with Gasteiger partial charge >= 0.3 is 0 Å². The molecule has 0 atom stereocenters.